The minimum absolute atomic E-state index is 0.185. The van der Waals surface area contributed by atoms with Crippen LogP contribution >= 0.6 is 0 Å². The zero-order chi connectivity index (χ0) is 13.5. The number of hydrogen-bond donors (Lipinski definition) is 1. The molecule has 2 heteroatoms. The summed E-state index contributed by atoms with van der Waals surface area (Å²) in [6, 6.07) is 11.1. The van der Waals surface area contributed by atoms with E-state index in [9.17, 15) is 0 Å². The zero-order valence-corrected chi connectivity index (χ0v) is 12.3. The summed E-state index contributed by atoms with van der Waals surface area (Å²) in [4.78, 5) is 0. The molecule has 2 nitrogen and oxygen atoms in total. The van der Waals surface area contributed by atoms with Gasteiger partial charge in [0, 0.05) is 12.6 Å². The molecular weight excluding hydrogens is 234 g/mol. The fourth-order valence-electron chi connectivity index (χ4n) is 2.71. The van der Waals surface area contributed by atoms with E-state index in [0.29, 0.717) is 6.04 Å². The lowest BCUT2D eigenvalue weighted by molar-refractivity contribution is 0.0304. The Morgan fingerprint density at radius 2 is 1.95 bits per heavy atom. The molecule has 0 amide bonds. The summed E-state index contributed by atoms with van der Waals surface area (Å²) in [5.74, 6) is 0.985. The summed E-state index contributed by atoms with van der Waals surface area (Å²) >= 11 is 0. The van der Waals surface area contributed by atoms with Gasteiger partial charge >= 0.3 is 0 Å². The molecule has 106 valence electrons. The summed E-state index contributed by atoms with van der Waals surface area (Å²) in [6.45, 7) is 6.04. The minimum atomic E-state index is 0.185. The van der Waals surface area contributed by atoms with Gasteiger partial charge in [0.05, 0.1) is 6.10 Å². The van der Waals surface area contributed by atoms with Crippen molar-refractivity contribution in [1.29, 1.82) is 0 Å². The molecule has 0 aromatic heterocycles. The molecule has 1 fully saturated rings. The average Bonchev–Trinajstić information content (AvgIpc) is 3.26. The van der Waals surface area contributed by atoms with Gasteiger partial charge in [0.2, 0.25) is 0 Å². The van der Waals surface area contributed by atoms with E-state index in [4.69, 9.17) is 4.74 Å². The third-order valence-corrected chi connectivity index (χ3v) is 3.89. The predicted molar refractivity (Wildman–Crippen MR) is 80.2 cm³/mol. The van der Waals surface area contributed by atoms with E-state index < -0.39 is 0 Å². The lowest BCUT2D eigenvalue weighted by Gasteiger charge is -2.28. The van der Waals surface area contributed by atoms with Gasteiger partial charge in [0.15, 0.2) is 0 Å². The Hall–Kier alpha value is -0.860. The highest BCUT2D eigenvalue weighted by molar-refractivity contribution is 5.19. The molecule has 1 aromatic carbocycles. The second kappa shape index (κ2) is 7.66. The molecule has 0 radical (unpaired) electrons. The lowest BCUT2D eigenvalue weighted by Crippen LogP contribution is -2.36. The lowest BCUT2D eigenvalue weighted by atomic mass is 9.97. The van der Waals surface area contributed by atoms with Crippen molar-refractivity contribution < 1.29 is 4.74 Å². The molecule has 2 rings (SSSR count). The molecule has 0 heterocycles. The van der Waals surface area contributed by atoms with Crippen LogP contribution in [0.2, 0.25) is 0 Å². The maximum Gasteiger partial charge on any atom is 0.0977 e. The van der Waals surface area contributed by atoms with Crippen LogP contribution in [0.1, 0.15) is 51.2 Å². The average molecular weight is 261 g/mol. The third-order valence-electron chi connectivity index (χ3n) is 3.89. The molecular formula is C17H27NO. The van der Waals surface area contributed by atoms with Gasteiger partial charge in [0.1, 0.15) is 0 Å². The standard InChI is InChI=1S/C17H27NO/c1-3-18-16(13-12-14-10-11-14)17(19-4-2)15-8-6-5-7-9-15/h5-9,14,16-18H,3-4,10-13H2,1-2H3. The van der Waals surface area contributed by atoms with E-state index in [1.807, 2.05) is 0 Å². The van der Waals surface area contributed by atoms with Crippen LogP contribution in [-0.2, 0) is 4.74 Å². The van der Waals surface area contributed by atoms with Crippen molar-refractivity contribution in [3.63, 3.8) is 0 Å². The number of likely N-dealkylation sites (N-methyl/N-ethyl adjacent to an activating group) is 1. The zero-order valence-electron chi connectivity index (χ0n) is 12.3. The summed E-state index contributed by atoms with van der Waals surface area (Å²) in [7, 11) is 0. The fraction of sp³-hybridized carbons (Fsp3) is 0.647. The highest BCUT2D eigenvalue weighted by Gasteiger charge is 2.27. The van der Waals surface area contributed by atoms with Gasteiger partial charge in [-0.1, -0.05) is 50.1 Å². The summed E-state index contributed by atoms with van der Waals surface area (Å²) < 4.78 is 6.03. The Balaban J connectivity index is 2.03. The maximum absolute atomic E-state index is 6.03. The molecule has 1 aliphatic carbocycles. The Kier molecular flexibility index (Phi) is 5.87. The van der Waals surface area contributed by atoms with Crippen LogP contribution in [0.3, 0.4) is 0 Å². The van der Waals surface area contributed by atoms with Gasteiger partial charge in [0.25, 0.3) is 0 Å². The van der Waals surface area contributed by atoms with Gasteiger partial charge in [-0.05, 0) is 37.8 Å². The molecule has 2 unspecified atom stereocenters. The second-order valence-electron chi connectivity index (χ2n) is 5.47. The topological polar surface area (TPSA) is 21.3 Å². The Labute approximate surface area is 117 Å². The van der Waals surface area contributed by atoms with E-state index in [1.54, 1.807) is 0 Å². The number of ether oxygens (including phenoxy) is 1. The molecule has 1 aliphatic rings. The third kappa shape index (κ3) is 4.63. The van der Waals surface area contributed by atoms with Crippen LogP contribution in [-0.4, -0.2) is 19.2 Å². The van der Waals surface area contributed by atoms with Crippen molar-refractivity contribution in [2.45, 2.75) is 51.7 Å². The van der Waals surface area contributed by atoms with Crippen LogP contribution in [0.4, 0.5) is 0 Å². The molecule has 0 spiro atoms. The first-order chi connectivity index (χ1) is 9.35. The second-order valence-corrected chi connectivity index (χ2v) is 5.47. The molecule has 1 saturated carbocycles. The monoisotopic (exact) mass is 261 g/mol. The van der Waals surface area contributed by atoms with E-state index in [2.05, 4.69) is 49.5 Å². The summed E-state index contributed by atoms with van der Waals surface area (Å²) in [5.41, 5.74) is 1.30. The van der Waals surface area contributed by atoms with Gasteiger partial charge in [-0.2, -0.15) is 0 Å². The molecule has 0 saturated heterocycles. The number of benzene rings is 1. The van der Waals surface area contributed by atoms with Gasteiger partial charge in [-0.3, -0.25) is 0 Å². The minimum Gasteiger partial charge on any atom is -0.372 e. The highest BCUT2D eigenvalue weighted by atomic mass is 16.5. The predicted octanol–water partition coefficient (Wildman–Crippen LogP) is 3.93. The first kappa shape index (κ1) is 14.5. The van der Waals surface area contributed by atoms with Crippen molar-refractivity contribution in [1.82, 2.24) is 5.32 Å². The van der Waals surface area contributed by atoms with Crippen LogP contribution in [0.25, 0.3) is 0 Å². The normalized spacial score (nSPS) is 18.2. The molecule has 19 heavy (non-hydrogen) atoms. The molecule has 2 atom stereocenters. The van der Waals surface area contributed by atoms with Crippen molar-refractivity contribution in [2.24, 2.45) is 5.92 Å². The van der Waals surface area contributed by atoms with Crippen molar-refractivity contribution in [3.05, 3.63) is 35.9 Å². The Bertz CT molecular complexity index is 348. The Morgan fingerprint density at radius 3 is 2.53 bits per heavy atom. The van der Waals surface area contributed by atoms with Crippen molar-refractivity contribution in [3.8, 4) is 0 Å². The number of hydrogen-bond acceptors (Lipinski definition) is 2. The molecule has 0 aliphatic heterocycles. The summed E-state index contributed by atoms with van der Waals surface area (Å²) in [6.07, 6.45) is 5.61. The quantitative estimate of drug-likeness (QED) is 0.727. The Morgan fingerprint density at radius 1 is 1.21 bits per heavy atom. The molecule has 0 bridgehead atoms. The van der Waals surface area contributed by atoms with Gasteiger partial charge < -0.3 is 10.1 Å². The van der Waals surface area contributed by atoms with Gasteiger partial charge in [-0.25, -0.2) is 0 Å². The maximum atomic E-state index is 6.03. The highest BCUT2D eigenvalue weighted by Crippen LogP contribution is 2.35. The van der Waals surface area contributed by atoms with Crippen LogP contribution in [0, 0.1) is 5.92 Å². The molecule has 1 aromatic rings. The summed E-state index contributed by atoms with van der Waals surface area (Å²) in [5, 5.41) is 3.62. The number of rotatable bonds is 9. The number of nitrogens with one attached hydrogen (secondary N) is 1. The fourth-order valence-corrected chi connectivity index (χ4v) is 2.71. The first-order valence-electron chi connectivity index (χ1n) is 7.75. The van der Waals surface area contributed by atoms with E-state index in [-0.39, 0.29) is 6.10 Å². The van der Waals surface area contributed by atoms with Crippen molar-refractivity contribution in [2.75, 3.05) is 13.2 Å². The van der Waals surface area contributed by atoms with Crippen molar-refractivity contribution >= 4 is 0 Å². The van der Waals surface area contributed by atoms with Gasteiger partial charge in [-0.15, -0.1) is 0 Å². The van der Waals surface area contributed by atoms with E-state index in [1.165, 1.54) is 31.2 Å². The van der Waals surface area contributed by atoms with E-state index >= 15 is 0 Å². The first-order valence-corrected chi connectivity index (χ1v) is 7.75. The smallest absolute Gasteiger partial charge is 0.0977 e. The largest absolute Gasteiger partial charge is 0.372 e. The van der Waals surface area contributed by atoms with E-state index in [0.717, 1.165) is 19.1 Å². The SMILES string of the molecule is CCNC(CCC1CC1)C(OCC)c1ccccc1. The van der Waals surface area contributed by atoms with Crippen LogP contribution in [0.5, 0.6) is 0 Å². The van der Waals surface area contributed by atoms with Crippen LogP contribution in [0.15, 0.2) is 30.3 Å². The van der Waals surface area contributed by atoms with Crippen LogP contribution < -0.4 is 5.32 Å². The molecule has 1 N–H and O–H groups in total.